The molecular weight excluding hydrogens is 210 g/mol. The second kappa shape index (κ2) is 4.13. The van der Waals surface area contributed by atoms with Gasteiger partial charge in [-0.3, -0.25) is 0 Å². The van der Waals surface area contributed by atoms with Gasteiger partial charge in [-0.05, 0) is 37.7 Å². The molecule has 78 valence electrons. The van der Waals surface area contributed by atoms with Gasteiger partial charge in [-0.2, -0.15) is 0 Å². The number of nitrogens with zero attached hydrogens (tertiary/aromatic N) is 2. The molecule has 2 aromatic rings. The van der Waals surface area contributed by atoms with E-state index in [0.717, 1.165) is 16.6 Å². The van der Waals surface area contributed by atoms with Crippen molar-refractivity contribution in [2.45, 2.75) is 13.5 Å². The molecule has 0 unspecified atom stereocenters. The van der Waals surface area contributed by atoms with Crippen molar-refractivity contribution >= 4 is 22.5 Å². The molecule has 1 aromatic heterocycles. The van der Waals surface area contributed by atoms with E-state index in [1.807, 2.05) is 19.2 Å². The molecule has 1 N–H and O–H groups in total. The Morgan fingerprint density at radius 1 is 1.33 bits per heavy atom. The molecule has 0 spiro atoms. The SMILES string of the molecule is CNCc1nc(Cl)nc2ccc(C)cc12. The molecule has 1 heterocycles. The zero-order valence-electron chi connectivity index (χ0n) is 8.71. The van der Waals surface area contributed by atoms with Crippen LogP contribution in [0.25, 0.3) is 10.9 Å². The molecule has 0 fully saturated rings. The molecule has 0 bridgehead atoms. The quantitative estimate of drug-likeness (QED) is 0.791. The van der Waals surface area contributed by atoms with E-state index in [9.17, 15) is 0 Å². The van der Waals surface area contributed by atoms with Crippen LogP contribution < -0.4 is 5.32 Å². The summed E-state index contributed by atoms with van der Waals surface area (Å²) in [5.41, 5.74) is 3.04. The van der Waals surface area contributed by atoms with E-state index in [0.29, 0.717) is 11.8 Å². The predicted octanol–water partition coefficient (Wildman–Crippen LogP) is 2.31. The lowest BCUT2D eigenvalue weighted by molar-refractivity contribution is 0.795. The Labute approximate surface area is 93.5 Å². The maximum Gasteiger partial charge on any atom is 0.223 e. The van der Waals surface area contributed by atoms with Crippen LogP contribution in [0.3, 0.4) is 0 Å². The molecule has 2 rings (SSSR count). The average molecular weight is 222 g/mol. The van der Waals surface area contributed by atoms with Crippen LogP contribution in [0.1, 0.15) is 11.3 Å². The maximum absolute atomic E-state index is 5.85. The molecule has 3 nitrogen and oxygen atoms in total. The molecule has 0 aliphatic rings. The van der Waals surface area contributed by atoms with Gasteiger partial charge < -0.3 is 5.32 Å². The van der Waals surface area contributed by atoms with Crippen LogP contribution in [-0.2, 0) is 6.54 Å². The summed E-state index contributed by atoms with van der Waals surface area (Å²) in [4.78, 5) is 8.41. The van der Waals surface area contributed by atoms with E-state index in [4.69, 9.17) is 11.6 Å². The van der Waals surface area contributed by atoms with Gasteiger partial charge in [-0.1, -0.05) is 11.6 Å². The van der Waals surface area contributed by atoms with Gasteiger partial charge in [0.25, 0.3) is 0 Å². The minimum Gasteiger partial charge on any atom is -0.314 e. The van der Waals surface area contributed by atoms with Crippen molar-refractivity contribution in [3.63, 3.8) is 0 Å². The molecule has 0 atom stereocenters. The average Bonchev–Trinajstić information content (AvgIpc) is 2.19. The highest BCUT2D eigenvalue weighted by Crippen LogP contribution is 2.19. The van der Waals surface area contributed by atoms with Crippen LogP contribution in [0.4, 0.5) is 0 Å². The summed E-state index contributed by atoms with van der Waals surface area (Å²) in [6.45, 7) is 2.75. The molecule has 0 aliphatic heterocycles. The fourth-order valence-electron chi connectivity index (χ4n) is 1.58. The Kier molecular flexibility index (Phi) is 2.84. The first-order chi connectivity index (χ1) is 7.20. The number of nitrogens with one attached hydrogen (secondary N) is 1. The van der Waals surface area contributed by atoms with Gasteiger partial charge in [0, 0.05) is 11.9 Å². The van der Waals surface area contributed by atoms with Crippen LogP contribution in [0.5, 0.6) is 0 Å². The first-order valence-electron chi connectivity index (χ1n) is 4.78. The molecule has 1 aromatic carbocycles. The minimum absolute atomic E-state index is 0.302. The van der Waals surface area contributed by atoms with Crippen molar-refractivity contribution < 1.29 is 0 Å². The summed E-state index contributed by atoms with van der Waals surface area (Å²) >= 11 is 5.85. The van der Waals surface area contributed by atoms with Gasteiger partial charge in [0.1, 0.15) is 0 Å². The standard InChI is InChI=1S/C11H12ClN3/c1-7-3-4-9-8(5-7)10(6-13-2)15-11(12)14-9/h3-5,13H,6H2,1-2H3. The lowest BCUT2D eigenvalue weighted by Crippen LogP contribution is -2.08. The van der Waals surface area contributed by atoms with Gasteiger partial charge in [0.15, 0.2) is 0 Å². The second-order valence-electron chi connectivity index (χ2n) is 3.49. The first kappa shape index (κ1) is 10.3. The number of hydrogen-bond donors (Lipinski definition) is 1. The van der Waals surface area contributed by atoms with Gasteiger partial charge in [-0.25, -0.2) is 9.97 Å². The van der Waals surface area contributed by atoms with Gasteiger partial charge in [0.05, 0.1) is 11.2 Å². The Morgan fingerprint density at radius 2 is 2.13 bits per heavy atom. The number of hydrogen-bond acceptors (Lipinski definition) is 3. The molecule has 15 heavy (non-hydrogen) atoms. The van der Waals surface area contributed by atoms with Crippen molar-refractivity contribution in [2.75, 3.05) is 7.05 Å². The number of halogens is 1. The van der Waals surface area contributed by atoms with Crippen molar-refractivity contribution in [3.05, 3.63) is 34.7 Å². The van der Waals surface area contributed by atoms with Crippen LogP contribution in [0, 0.1) is 6.92 Å². The number of benzene rings is 1. The van der Waals surface area contributed by atoms with E-state index in [2.05, 4.69) is 28.3 Å². The van der Waals surface area contributed by atoms with E-state index in [1.54, 1.807) is 0 Å². The van der Waals surface area contributed by atoms with E-state index < -0.39 is 0 Å². The van der Waals surface area contributed by atoms with E-state index in [-0.39, 0.29) is 0 Å². The first-order valence-corrected chi connectivity index (χ1v) is 5.16. The molecule has 4 heteroatoms. The highest BCUT2D eigenvalue weighted by Gasteiger charge is 2.05. The largest absolute Gasteiger partial charge is 0.314 e. The molecule has 0 radical (unpaired) electrons. The van der Waals surface area contributed by atoms with Crippen molar-refractivity contribution in [3.8, 4) is 0 Å². The highest BCUT2D eigenvalue weighted by molar-refractivity contribution is 6.28. The Hall–Kier alpha value is -1.19. The smallest absolute Gasteiger partial charge is 0.223 e. The van der Waals surface area contributed by atoms with Gasteiger partial charge in [0.2, 0.25) is 5.28 Å². The summed E-state index contributed by atoms with van der Waals surface area (Å²) < 4.78 is 0. The monoisotopic (exact) mass is 221 g/mol. The number of fused-ring (bicyclic) bond motifs is 1. The third-order valence-electron chi connectivity index (χ3n) is 2.25. The van der Waals surface area contributed by atoms with E-state index >= 15 is 0 Å². The normalized spacial score (nSPS) is 10.9. The number of aromatic nitrogens is 2. The fourth-order valence-corrected chi connectivity index (χ4v) is 1.77. The second-order valence-corrected chi connectivity index (χ2v) is 3.83. The summed E-state index contributed by atoms with van der Waals surface area (Å²) in [6, 6.07) is 6.07. The minimum atomic E-state index is 0.302. The lowest BCUT2D eigenvalue weighted by atomic mass is 10.1. The van der Waals surface area contributed by atoms with Crippen LogP contribution in [0.15, 0.2) is 18.2 Å². The third kappa shape index (κ3) is 2.08. The third-order valence-corrected chi connectivity index (χ3v) is 2.42. The molecule has 0 saturated heterocycles. The highest BCUT2D eigenvalue weighted by atomic mass is 35.5. The van der Waals surface area contributed by atoms with Crippen LogP contribution >= 0.6 is 11.6 Å². The molecular formula is C11H12ClN3. The van der Waals surface area contributed by atoms with Crippen LogP contribution in [0.2, 0.25) is 5.28 Å². The Balaban J connectivity index is 2.70. The van der Waals surface area contributed by atoms with Crippen molar-refractivity contribution in [1.29, 1.82) is 0 Å². The van der Waals surface area contributed by atoms with Gasteiger partial charge in [-0.15, -0.1) is 0 Å². The molecule has 0 saturated carbocycles. The summed E-state index contributed by atoms with van der Waals surface area (Å²) in [5, 5.41) is 4.44. The number of rotatable bonds is 2. The Bertz CT molecular complexity index is 496. The van der Waals surface area contributed by atoms with Gasteiger partial charge >= 0.3 is 0 Å². The molecule has 0 amide bonds. The predicted molar refractivity (Wildman–Crippen MR) is 62.0 cm³/mol. The summed E-state index contributed by atoms with van der Waals surface area (Å²) in [7, 11) is 1.89. The maximum atomic E-state index is 5.85. The summed E-state index contributed by atoms with van der Waals surface area (Å²) in [5.74, 6) is 0. The van der Waals surface area contributed by atoms with Crippen molar-refractivity contribution in [1.82, 2.24) is 15.3 Å². The topological polar surface area (TPSA) is 37.8 Å². The van der Waals surface area contributed by atoms with E-state index in [1.165, 1.54) is 5.56 Å². The van der Waals surface area contributed by atoms with Crippen molar-refractivity contribution in [2.24, 2.45) is 0 Å². The Morgan fingerprint density at radius 3 is 2.87 bits per heavy atom. The summed E-state index contributed by atoms with van der Waals surface area (Å²) in [6.07, 6.45) is 0. The zero-order chi connectivity index (χ0) is 10.8. The van der Waals surface area contributed by atoms with Crippen LogP contribution in [-0.4, -0.2) is 17.0 Å². The zero-order valence-corrected chi connectivity index (χ0v) is 9.47. The lowest BCUT2D eigenvalue weighted by Gasteiger charge is -2.06. The fraction of sp³-hybridized carbons (Fsp3) is 0.273. The number of aryl methyl sites for hydroxylation is 1. The molecule has 0 aliphatic carbocycles.